The first kappa shape index (κ1) is 13.4. The van der Waals surface area contributed by atoms with Crippen LogP contribution in [0.25, 0.3) is 6.08 Å². The molecular formula is C15H15FN2OS. The van der Waals surface area contributed by atoms with Gasteiger partial charge in [-0.05, 0) is 43.2 Å². The molecule has 1 amide bonds. The maximum atomic E-state index is 13.6. The van der Waals surface area contributed by atoms with E-state index >= 15 is 0 Å². The van der Waals surface area contributed by atoms with Gasteiger partial charge in [0.05, 0.1) is 4.91 Å². The van der Waals surface area contributed by atoms with Gasteiger partial charge in [-0.2, -0.15) is 4.99 Å². The number of carbonyl (C=O) groups excluding carboxylic acids is 1. The first-order valence-electron chi connectivity index (χ1n) is 6.76. The minimum absolute atomic E-state index is 0.265. The fourth-order valence-corrected chi connectivity index (χ4v) is 3.31. The topological polar surface area (TPSA) is 32.7 Å². The third-order valence-electron chi connectivity index (χ3n) is 3.43. The van der Waals surface area contributed by atoms with Crippen LogP contribution < -0.4 is 0 Å². The van der Waals surface area contributed by atoms with Gasteiger partial charge in [0.25, 0.3) is 5.91 Å². The summed E-state index contributed by atoms with van der Waals surface area (Å²) in [4.78, 5) is 18.7. The van der Waals surface area contributed by atoms with Crippen molar-refractivity contribution in [3.8, 4) is 0 Å². The summed E-state index contributed by atoms with van der Waals surface area (Å²) >= 11 is 1.35. The van der Waals surface area contributed by atoms with Crippen LogP contribution in [0.2, 0.25) is 0 Å². The van der Waals surface area contributed by atoms with Crippen molar-refractivity contribution in [1.29, 1.82) is 0 Å². The van der Waals surface area contributed by atoms with Crippen LogP contribution >= 0.6 is 11.8 Å². The second-order valence-electron chi connectivity index (χ2n) is 4.88. The van der Waals surface area contributed by atoms with Gasteiger partial charge in [-0.3, -0.25) is 4.79 Å². The van der Waals surface area contributed by atoms with Gasteiger partial charge in [0.2, 0.25) is 0 Å². The molecule has 3 rings (SSSR count). The van der Waals surface area contributed by atoms with Gasteiger partial charge in [-0.1, -0.05) is 18.2 Å². The highest BCUT2D eigenvalue weighted by atomic mass is 32.2. The average molecular weight is 290 g/mol. The third-order valence-corrected chi connectivity index (χ3v) is 4.47. The molecule has 1 fully saturated rings. The zero-order chi connectivity index (χ0) is 13.9. The van der Waals surface area contributed by atoms with Gasteiger partial charge in [0.1, 0.15) is 5.82 Å². The average Bonchev–Trinajstić information content (AvgIpc) is 2.84. The highest BCUT2D eigenvalue weighted by Gasteiger charge is 2.27. The Morgan fingerprint density at radius 2 is 1.95 bits per heavy atom. The smallest absolute Gasteiger partial charge is 0.286 e. The summed E-state index contributed by atoms with van der Waals surface area (Å²) in [6, 6.07) is 6.44. The zero-order valence-electron chi connectivity index (χ0n) is 11.0. The van der Waals surface area contributed by atoms with Crippen LogP contribution in [0, 0.1) is 5.82 Å². The monoisotopic (exact) mass is 290 g/mol. The van der Waals surface area contributed by atoms with Crippen molar-refractivity contribution in [2.75, 3.05) is 13.1 Å². The molecule has 0 N–H and O–H groups in total. The van der Waals surface area contributed by atoms with E-state index in [9.17, 15) is 9.18 Å². The van der Waals surface area contributed by atoms with Crippen LogP contribution in [-0.4, -0.2) is 29.1 Å². The molecule has 0 aromatic heterocycles. The summed E-state index contributed by atoms with van der Waals surface area (Å²) in [5.41, 5.74) is 0.429. The third kappa shape index (κ3) is 2.77. The Balaban J connectivity index is 1.78. The van der Waals surface area contributed by atoms with Crippen molar-refractivity contribution < 1.29 is 9.18 Å². The van der Waals surface area contributed by atoms with Crippen LogP contribution in [0.5, 0.6) is 0 Å². The summed E-state index contributed by atoms with van der Waals surface area (Å²) < 4.78 is 13.6. The highest BCUT2D eigenvalue weighted by Crippen LogP contribution is 2.31. The molecule has 0 radical (unpaired) electrons. The van der Waals surface area contributed by atoms with E-state index in [4.69, 9.17) is 0 Å². The van der Waals surface area contributed by atoms with Crippen molar-refractivity contribution in [3.05, 3.63) is 40.6 Å². The molecule has 20 heavy (non-hydrogen) atoms. The Labute approximate surface area is 121 Å². The van der Waals surface area contributed by atoms with Crippen molar-refractivity contribution in [3.63, 3.8) is 0 Å². The molecule has 2 aliphatic heterocycles. The molecule has 0 saturated carbocycles. The molecule has 1 saturated heterocycles. The minimum atomic E-state index is -0.320. The SMILES string of the molecule is O=C1N=C(N2CCCCC2)S/C1=C/c1ccccc1F. The summed E-state index contributed by atoms with van der Waals surface area (Å²) in [6.45, 7) is 1.90. The number of benzene rings is 1. The van der Waals surface area contributed by atoms with Crippen LogP contribution in [0.1, 0.15) is 24.8 Å². The number of carbonyl (C=O) groups is 1. The quantitative estimate of drug-likeness (QED) is 0.744. The van der Waals surface area contributed by atoms with E-state index in [1.807, 2.05) is 0 Å². The predicted molar refractivity (Wildman–Crippen MR) is 79.8 cm³/mol. The fourth-order valence-electron chi connectivity index (χ4n) is 2.35. The second kappa shape index (κ2) is 5.79. The molecule has 2 aliphatic rings. The van der Waals surface area contributed by atoms with E-state index in [2.05, 4.69) is 9.89 Å². The van der Waals surface area contributed by atoms with Gasteiger partial charge >= 0.3 is 0 Å². The summed E-state index contributed by atoms with van der Waals surface area (Å²) in [6.07, 6.45) is 5.10. The Morgan fingerprint density at radius 3 is 2.70 bits per heavy atom. The molecule has 0 spiro atoms. The van der Waals surface area contributed by atoms with Crippen molar-refractivity contribution in [1.82, 2.24) is 4.90 Å². The van der Waals surface area contributed by atoms with E-state index in [0.29, 0.717) is 10.5 Å². The lowest BCUT2D eigenvalue weighted by Crippen LogP contribution is -2.33. The van der Waals surface area contributed by atoms with Crippen molar-refractivity contribution in [2.45, 2.75) is 19.3 Å². The molecular weight excluding hydrogens is 275 g/mol. The van der Waals surface area contributed by atoms with Crippen LogP contribution in [0.15, 0.2) is 34.2 Å². The van der Waals surface area contributed by atoms with Crippen LogP contribution in [-0.2, 0) is 4.79 Å². The van der Waals surface area contributed by atoms with Crippen molar-refractivity contribution in [2.24, 2.45) is 4.99 Å². The Bertz CT molecular complexity index is 591. The van der Waals surface area contributed by atoms with E-state index in [-0.39, 0.29) is 11.7 Å². The molecule has 0 atom stereocenters. The summed E-state index contributed by atoms with van der Waals surface area (Å²) in [7, 11) is 0. The standard InChI is InChI=1S/C15H15FN2OS/c16-12-7-3-2-6-11(12)10-13-14(19)17-15(20-13)18-8-4-1-5-9-18/h2-3,6-7,10H,1,4-5,8-9H2/b13-10+. The normalized spacial score (nSPS) is 21.4. The lowest BCUT2D eigenvalue weighted by molar-refractivity contribution is -0.113. The summed E-state index contributed by atoms with van der Waals surface area (Å²) in [5, 5.41) is 0.761. The maximum absolute atomic E-state index is 13.6. The molecule has 104 valence electrons. The molecule has 0 bridgehead atoms. The molecule has 0 unspecified atom stereocenters. The lowest BCUT2D eigenvalue weighted by atomic mass is 10.1. The number of likely N-dealkylation sites (tertiary alicyclic amines) is 1. The first-order chi connectivity index (χ1) is 9.74. The number of rotatable bonds is 1. The Kier molecular flexibility index (Phi) is 3.87. The number of halogens is 1. The number of nitrogens with zero attached hydrogens (tertiary/aromatic N) is 2. The predicted octanol–water partition coefficient (Wildman–Crippen LogP) is 3.28. The number of amidine groups is 1. The second-order valence-corrected chi connectivity index (χ2v) is 5.89. The van der Waals surface area contributed by atoms with E-state index in [1.54, 1.807) is 24.3 Å². The molecule has 1 aromatic carbocycles. The van der Waals surface area contributed by atoms with E-state index in [1.165, 1.54) is 24.2 Å². The van der Waals surface area contributed by atoms with Gasteiger partial charge in [0, 0.05) is 18.7 Å². The molecule has 1 aromatic rings. The van der Waals surface area contributed by atoms with Gasteiger partial charge in [-0.25, -0.2) is 4.39 Å². The van der Waals surface area contributed by atoms with E-state index < -0.39 is 0 Å². The first-order valence-corrected chi connectivity index (χ1v) is 7.58. The maximum Gasteiger partial charge on any atom is 0.286 e. The largest absolute Gasteiger partial charge is 0.351 e. The molecule has 0 aliphatic carbocycles. The Hall–Kier alpha value is -1.62. The van der Waals surface area contributed by atoms with Crippen LogP contribution in [0.4, 0.5) is 4.39 Å². The fraction of sp³-hybridized carbons (Fsp3) is 0.333. The van der Waals surface area contributed by atoms with Gasteiger partial charge in [0.15, 0.2) is 5.17 Å². The highest BCUT2D eigenvalue weighted by molar-refractivity contribution is 8.18. The van der Waals surface area contributed by atoms with Gasteiger partial charge < -0.3 is 4.90 Å². The molecule has 2 heterocycles. The number of hydrogen-bond donors (Lipinski definition) is 0. The molecule has 5 heteroatoms. The number of piperidine rings is 1. The van der Waals surface area contributed by atoms with Crippen molar-refractivity contribution >= 4 is 28.9 Å². The number of thioether (sulfide) groups is 1. The minimum Gasteiger partial charge on any atom is -0.351 e. The summed E-state index contributed by atoms with van der Waals surface area (Å²) in [5.74, 6) is -0.585. The lowest BCUT2D eigenvalue weighted by Gasteiger charge is -2.27. The number of hydrogen-bond acceptors (Lipinski definition) is 3. The van der Waals surface area contributed by atoms with Crippen LogP contribution in [0.3, 0.4) is 0 Å². The number of amides is 1. The van der Waals surface area contributed by atoms with Gasteiger partial charge in [-0.15, -0.1) is 0 Å². The zero-order valence-corrected chi connectivity index (χ0v) is 11.8. The number of aliphatic imine (C=N–C) groups is 1. The van der Waals surface area contributed by atoms with E-state index in [0.717, 1.165) is 31.1 Å². The molecule has 3 nitrogen and oxygen atoms in total. The Morgan fingerprint density at radius 1 is 1.20 bits per heavy atom.